The highest BCUT2D eigenvalue weighted by molar-refractivity contribution is 4.82. The summed E-state index contributed by atoms with van der Waals surface area (Å²) in [6.45, 7) is 3.54. The summed E-state index contributed by atoms with van der Waals surface area (Å²) in [5.41, 5.74) is 0. The molecule has 100 valence electrons. The Bertz CT molecular complexity index is 232. The van der Waals surface area contributed by atoms with E-state index in [9.17, 15) is 5.11 Å². The average molecular weight is 240 g/mol. The van der Waals surface area contributed by atoms with E-state index in [1.165, 1.54) is 45.2 Å². The predicted octanol–water partition coefficient (Wildman–Crippen LogP) is 1.56. The lowest BCUT2D eigenvalue weighted by Crippen LogP contribution is -2.48. The standard InChI is InChI=1S/C14H28N2O/c1-15(2)13-7-5-9-16(11-13)10-12-6-3-4-8-14(12)17/h12-14,17H,3-11H2,1-2H3. The van der Waals surface area contributed by atoms with Gasteiger partial charge in [-0.25, -0.2) is 0 Å². The van der Waals surface area contributed by atoms with E-state index in [0.29, 0.717) is 12.0 Å². The van der Waals surface area contributed by atoms with Crippen molar-refractivity contribution in [2.45, 2.75) is 50.7 Å². The number of aliphatic hydroxyl groups is 1. The third-order valence-electron chi connectivity index (χ3n) is 4.57. The fourth-order valence-electron chi connectivity index (χ4n) is 3.35. The van der Waals surface area contributed by atoms with Gasteiger partial charge in [-0.2, -0.15) is 0 Å². The summed E-state index contributed by atoms with van der Waals surface area (Å²) in [4.78, 5) is 4.93. The zero-order valence-corrected chi connectivity index (χ0v) is 11.4. The van der Waals surface area contributed by atoms with Gasteiger partial charge in [-0.1, -0.05) is 12.8 Å². The number of likely N-dealkylation sites (tertiary alicyclic amines) is 1. The lowest BCUT2D eigenvalue weighted by atomic mass is 9.85. The molecule has 0 radical (unpaired) electrons. The van der Waals surface area contributed by atoms with Crippen LogP contribution in [0.1, 0.15) is 38.5 Å². The van der Waals surface area contributed by atoms with E-state index in [0.717, 1.165) is 13.0 Å². The van der Waals surface area contributed by atoms with E-state index in [1.54, 1.807) is 0 Å². The van der Waals surface area contributed by atoms with Gasteiger partial charge in [0.1, 0.15) is 0 Å². The minimum Gasteiger partial charge on any atom is -0.393 e. The minimum atomic E-state index is -0.0384. The Labute approximate surface area is 106 Å². The molecule has 1 aliphatic carbocycles. The molecule has 1 heterocycles. The fraction of sp³-hybridized carbons (Fsp3) is 1.00. The third kappa shape index (κ3) is 3.67. The first kappa shape index (κ1) is 13.3. The van der Waals surface area contributed by atoms with Crippen LogP contribution in [0, 0.1) is 5.92 Å². The highest BCUT2D eigenvalue weighted by atomic mass is 16.3. The largest absolute Gasteiger partial charge is 0.393 e. The number of piperidine rings is 1. The molecule has 0 amide bonds. The number of nitrogens with zero attached hydrogens (tertiary/aromatic N) is 2. The SMILES string of the molecule is CN(C)C1CCCN(CC2CCCCC2O)C1. The van der Waals surface area contributed by atoms with E-state index in [4.69, 9.17) is 0 Å². The van der Waals surface area contributed by atoms with Gasteiger partial charge in [-0.15, -0.1) is 0 Å². The van der Waals surface area contributed by atoms with Crippen molar-refractivity contribution >= 4 is 0 Å². The molecule has 3 heteroatoms. The van der Waals surface area contributed by atoms with E-state index in [-0.39, 0.29) is 6.10 Å². The highest BCUT2D eigenvalue weighted by Gasteiger charge is 2.28. The van der Waals surface area contributed by atoms with Crippen LogP contribution in [0.2, 0.25) is 0 Å². The number of hydrogen-bond donors (Lipinski definition) is 1. The van der Waals surface area contributed by atoms with Crippen molar-refractivity contribution < 1.29 is 5.11 Å². The van der Waals surface area contributed by atoms with Crippen LogP contribution < -0.4 is 0 Å². The van der Waals surface area contributed by atoms with Crippen molar-refractivity contribution in [1.82, 2.24) is 9.80 Å². The summed E-state index contributed by atoms with van der Waals surface area (Å²) in [6, 6.07) is 0.712. The third-order valence-corrected chi connectivity index (χ3v) is 4.57. The van der Waals surface area contributed by atoms with Gasteiger partial charge >= 0.3 is 0 Å². The second kappa shape index (κ2) is 6.17. The molecule has 1 aliphatic heterocycles. The Balaban J connectivity index is 1.81. The number of hydrogen-bond acceptors (Lipinski definition) is 3. The van der Waals surface area contributed by atoms with Crippen LogP contribution in [0.15, 0.2) is 0 Å². The topological polar surface area (TPSA) is 26.7 Å². The van der Waals surface area contributed by atoms with Gasteiger partial charge in [0.15, 0.2) is 0 Å². The second-order valence-electron chi connectivity index (χ2n) is 6.13. The van der Waals surface area contributed by atoms with Crippen LogP contribution in [0.25, 0.3) is 0 Å². The number of likely N-dealkylation sites (N-methyl/N-ethyl adjacent to an activating group) is 1. The minimum absolute atomic E-state index is 0.0384. The van der Waals surface area contributed by atoms with Crippen molar-refractivity contribution in [1.29, 1.82) is 0 Å². The summed E-state index contributed by atoms with van der Waals surface area (Å²) in [5, 5.41) is 10.0. The van der Waals surface area contributed by atoms with Crippen LogP contribution in [0.3, 0.4) is 0 Å². The van der Waals surface area contributed by atoms with Gasteiger partial charge in [-0.3, -0.25) is 0 Å². The van der Waals surface area contributed by atoms with Crippen molar-refractivity contribution in [3.8, 4) is 0 Å². The molecule has 1 saturated heterocycles. The maximum absolute atomic E-state index is 10.0. The van der Waals surface area contributed by atoms with Crippen LogP contribution in [0.4, 0.5) is 0 Å². The normalized spacial score (nSPS) is 36.4. The maximum atomic E-state index is 10.0. The Morgan fingerprint density at radius 2 is 1.88 bits per heavy atom. The Kier molecular flexibility index (Phi) is 4.83. The molecule has 3 unspecified atom stereocenters. The van der Waals surface area contributed by atoms with Crippen molar-refractivity contribution in [2.24, 2.45) is 5.92 Å². The summed E-state index contributed by atoms with van der Waals surface area (Å²) in [5.74, 6) is 0.532. The predicted molar refractivity (Wildman–Crippen MR) is 71.1 cm³/mol. The number of aliphatic hydroxyl groups excluding tert-OH is 1. The van der Waals surface area contributed by atoms with Crippen LogP contribution in [-0.4, -0.2) is 60.8 Å². The molecule has 2 rings (SSSR count). The molecule has 0 aromatic rings. The molecule has 0 aromatic heterocycles. The summed E-state index contributed by atoms with van der Waals surface area (Å²) < 4.78 is 0. The second-order valence-corrected chi connectivity index (χ2v) is 6.13. The first-order valence-corrected chi connectivity index (χ1v) is 7.23. The zero-order valence-electron chi connectivity index (χ0n) is 11.4. The summed E-state index contributed by atoms with van der Waals surface area (Å²) >= 11 is 0. The summed E-state index contributed by atoms with van der Waals surface area (Å²) in [6.07, 6.45) is 7.39. The zero-order chi connectivity index (χ0) is 12.3. The first-order chi connectivity index (χ1) is 8.16. The lowest BCUT2D eigenvalue weighted by Gasteiger charge is -2.39. The van der Waals surface area contributed by atoms with Gasteiger partial charge in [0.25, 0.3) is 0 Å². The van der Waals surface area contributed by atoms with Gasteiger partial charge in [-0.05, 0) is 52.2 Å². The van der Waals surface area contributed by atoms with Gasteiger partial charge in [0.05, 0.1) is 6.10 Å². The molecule has 2 aliphatic rings. The molecule has 3 atom stereocenters. The molecular weight excluding hydrogens is 212 g/mol. The van der Waals surface area contributed by atoms with Crippen LogP contribution in [0.5, 0.6) is 0 Å². The van der Waals surface area contributed by atoms with Crippen molar-refractivity contribution in [3.63, 3.8) is 0 Å². The molecule has 17 heavy (non-hydrogen) atoms. The van der Waals surface area contributed by atoms with E-state index in [1.807, 2.05) is 0 Å². The van der Waals surface area contributed by atoms with Crippen LogP contribution >= 0.6 is 0 Å². The van der Waals surface area contributed by atoms with E-state index in [2.05, 4.69) is 23.9 Å². The quantitative estimate of drug-likeness (QED) is 0.811. The average Bonchev–Trinajstić information content (AvgIpc) is 2.32. The monoisotopic (exact) mass is 240 g/mol. The Hall–Kier alpha value is -0.120. The Morgan fingerprint density at radius 1 is 1.12 bits per heavy atom. The molecule has 2 fully saturated rings. The van der Waals surface area contributed by atoms with Crippen LogP contribution in [-0.2, 0) is 0 Å². The maximum Gasteiger partial charge on any atom is 0.0580 e. The Morgan fingerprint density at radius 3 is 2.59 bits per heavy atom. The van der Waals surface area contributed by atoms with Gasteiger partial charge < -0.3 is 14.9 Å². The molecular formula is C14H28N2O. The van der Waals surface area contributed by atoms with E-state index >= 15 is 0 Å². The molecule has 0 aromatic carbocycles. The lowest BCUT2D eigenvalue weighted by molar-refractivity contribution is 0.0324. The first-order valence-electron chi connectivity index (χ1n) is 7.23. The number of rotatable bonds is 3. The molecule has 0 spiro atoms. The van der Waals surface area contributed by atoms with Crippen molar-refractivity contribution in [3.05, 3.63) is 0 Å². The van der Waals surface area contributed by atoms with Gasteiger partial charge in [0.2, 0.25) is 0 Å². The van der Waals surface area contributed by atoms with E-state index < -0.39 is 0 Å². The van der Waals surface area contributed by atoms with Crippen molar-refractivity contribution in [2.75, 3.05) is 33.7 Å². The van der Waals surface area contributed by atoms with Gasteiger partial charge in [0, 0.05) is 19.1 Å². The smallest absolute Gasteiger partial charge is 0.0580 e. The molecule has 0 bridgehead atoms. The fourth-order valence-corrected chi connectivity index (χ4v) is 3.35. The summed E-state index contributed by atoms with van der Waals surface area (Å²) in [7, 11) is 4.37. The highest BCUT2D eigenvalue weighted by Crippen LogP contribution is 2.26. The molecule has 1 saturated carbocycles. The molecule has 1 N–H and O–H groups in total. The molecule has 3 nitrogen and oxygen atoms in total.